The molecule has 1 N–H and O–H groups in total. The minimum Gasteiger partial charge on any atom is -0.468 e. The zero-order valence-electron chi connectivity index (χ0n) is 11.4. The summed E-state index contributed by atoms with van der Waals surface area (Å²) in [6, 6.07) is 2.06. The van der Waals surface area contributed by atoms with Gasteiger partial charge in [-0.05, 0) is 39.4 Å². The van der Waals surface area contributed by atoms with Crippen LogP contribution in [-0.2, 0) is 17.8 Å². The van der Waals surface area contributed by atoms with Crippen LogP contribution in [0.5, 0.6) is 0 Å². The number of hydrogen-bond donors (Lipinski definition) is 1. The Morgan fingerprint density at radius 2 is 2.33 bits per heavy atom. The van der Waals surface area contributed by atoms with E-state index in [0.717, 1.165) is 32.0 Å². The summed E-state index contributed by atoms with van der Waals surface area (Å²) in [5.41, 5.74) is 1.27. The molecule has 0 spiro atoms. The summed E-state index contributed by atoms with van der Waals surface area (Å²) in [6.07, 6.45) is 5.89. The van der Waals surface area contributed by atoms with Gasteiger partial charge in [0.2, 0.25) is 0 Å². The molecule has 1 aromatic rings. The second-order valence-corrected chi connectivity index (χ2v) is 5.08. The lowest BCUT2D eigenvalue weighted by atomic mass is 10.1. The molecule has 0 aliphatic carbocycles. The third-order valence-electron chi connectivity index (χ3n) is 3.40. The average molecular weight is 252 g/mol. The van der Waals surface area contributed by atoms with Crippen molar-refractivity contribution in [2.24, 2.45) is 0 Å². The second kappa shape index (κ2) is 6.92. The highest BCUT2D eigenvalue weighted by molar-refractivity contribution is 5.16. The Balaban J connectivity index is 1.82. The van der Waals surface area contributed by atoms with E-state index in [9.17, 15) is 0 Å². The van der Waals surface area contributed by atoms with Crippen LogP contribution in [0.25, 0.3) is 0 Å². The summed E-state index contributed by atoms with van der Waals surface area (Å²) in [4.78, 5) is 2.32. The van der Waals surface area contributed by atoms with Crippen molar-refractivity contribution >= 4 is 0 Å². The van der Waals surface area contributed by atoms with Crippen molar-refractivity contribution in [1.82, 2.24) is 10.2 Å². The lowest BCUT2D eigenvalue weighted by Crippen LogP contribution is -2.33. The number of furan rings is 1. The molecule has 1 atom stereocenters. The normalized spacial score (nSPS) is 20.5. The number of likely N-dealkylation sites (N-methyl/N-ethyl adjacent to an activating group) is 1. The Hall–Kier alpha value is -0.840. The van der Waals surface area contributed by atoms with Gasteiger partial charge in [-0.2, -0.15) is 0 Å². The van der Waals surface area contributed by atoms with Crippen molar-refractivity contribution in [2.75, 3.05) is 27.2 Å². The highest BCUT2D eigenvalue weighted by Crippen LogP contribution is 2.16. The average Bonchev–Trinajstić information content (AvgIpc) is 2.78. The predicted octanol–water partition coefficient (Wildman–Crippen LogP) is 2.00. The molecule has 0 bridgehead atoms. The van der Waals surface area contributed by atoms with Gasteiger partial charge in [0.05, 0.1) is 18.9 Å². The van der Waals surface area contributed by atoms with Gasteiger partial charge in [-0.15, -0.1) is 0 Å². The van der Waals surface area contributed by atoms with E-state index in [4.69, 9.17) is 9.15 Å². The molecular formula is C14H24N2O2. The largest absolute Gasteiger partial charge is 0.468 e. The third-order valence-corrected chi connectivity index (χ3v) is 3.40. The number of nitrogens with one attached hydrogen (secondary N) is 1. The molecular weight excluding hydrogens is 228 g/mol. The van der Waals surface area contributed by atoms with E-state index in [0.29, 0.717) is 6.10 Å². The highest BCUT2D eigenvalue weighted by atomic mass is 16.5. The fraction of sp³-hybridized carbons (Fsp3) is 0.714. The van der Waals surface area contributed by atoms with Gasteiger partial charge in [-0.3, -0.25) is 4.90 Å². The first-order valence-corrected chi connectivity index (χ1v) is 6.79. The zero-order valence-corrected chi connectivity index (χ0v) is 11.4. The molecule has 1 fully saturated rings. The Labute approximate surface area is 109 Å². The Bertz CT molecular complexity index is 345. The van der Waals surface area contributed by atoms with E-state index in [1.807, 2.05) is 7.05 Å². The molecule has 1 aliphatic heterocycles. The Morgan fingerprint density at radius 3 is 3.06 bits per heavy atom. The number of rotatable bonds is 6. The fourth-order valence-corrected chi connectivity index (χ4v) is 2.48. The van der Waals surface area contributed by atoms with Crippen molar-refractivity contribution in [3.05, 3.63) is 23.7 Å². The van der Waals surface area contributed by atoms with E-state index in [-0.39, 0.29) is 0 Å². The van der Waals surface area contributed by atoms with Gasteiger partial charge in [0.15, 0.2) is 0 Å². The maximum Gasteiger partial charge on any atom is 0.122 e. The molecule has 0 amide bonds. The van der Waals surface area contributed by atoms with Gasteiger partial charge in [0.1, 0.15) is 5.76 Å². The molecule has 1 aliphatic rings. The third kappa shape index (κ3) is 3.83. The van der Waals surface area contributed by atoms with Gasteiger partial charge in [0.25, 0.3) is 0 Å². The predicted molar refractivity (Wildman–Crippen MR) is 71.4 cm³/mol. The molecule has 1 saturated heterocycles. The molecule has 0 saturated carbocycles. The summed E-state index contributed by atoms with van der Waals surface area (Å²) in [5.74, 6) is 1.04. The van der Waals surface area contributed by atoms with Crippen molar-refractivity contribution in [3.8, 4) is 0 Å². The Morgan fingerprint density at radius 1 is 1.44 bits per heavy atom. The molecule has 2 rings (SSSR count). The van der Waals surface area contributed by atoms with E-state index < -0.39 is 0 Å². The van der Waals surface area contributed by atoms with Crippen LogP contribution < -0.4 is 5.32 Å². The molecule has 0 aromatic carbocycles. The molecule has 2 heterocycles. The lowest BCUT2D eigenvalue weighted by Gasteiger charge is -2.27. The zero-order chi connectivity index (χ0) is 12.8. The topological polar surface area (TPSA) is 37.6 Å². The van der Waals surface area contributed by atoms with Crippen LogP contribution in [0.1, 0.15) is 30.6 Å². The first-order valence-electron chi connectivity index (χ1n) is 6.79. The van der Waals surface area contributed by atoms with Crippen LogP contribution >= 0.6 is 0 Å². The molecule has 18 heavy (non-hydrogen) atoms. The monoisotopic (exact) mass is 252 g/mol. The van der Waals surface area contributed by atoms with Crippen LogP contribution in [0.3, 0.4) is 0 Å². The van der Waals surface area contributed by atoms with E-state index in [1.165, 1.54) is 24.8 Å². The van der Waals surface area contributed by atoms with Crippen LogP contribution in [0.15, 0.2) is 16.7 Å². The van der Waals surface area contributed by atoms with Gasteiger partial charge in [-0.25, -0.2) is 0 Å². The van der Waals surface area contributed by atoms with Gasteiger partial charge < -0.3 is 14.5 Å². The lowest BCUT2D eigenvalue weighted by molar-refractivity contribution is -0.00266. The number of hydrogen-bond acceptors (Lipinski definition) is 4. The molecule has 4 heteroatoms. The van der Waals surface area contributed by atoms with Crippen molar-refractivity contribution < 1.29 is 9.15 Å². The quantitative estimate of drug-likeness (QED) is 0.840. The van der Waals surface area contributed by atoms with Crippen LogP contribution in [-0.4, -0.2) is 38.3 Å². The van der Waals surface area contributed by atoms with Crippen LogP contribution in [0.2, 0.25) is 0 Å². The first-order chi connectivity index (χ1) is 8.79. The van der Waals surface area contributed by atoms with Crippen molar-refractivity contribution in [1.29, 1.82) is 0 Å². The maximum atomic E-state index is 5.77. The van der Waals surface area contributed by atoms with Crippen molar-refractivity contribution in [3.63, 3.8) is 0 Å². The Kier molecular flexibility index (Phi) is 5.23. The molecule has 4 nitrogen and oxygen atoms in total. The SMILES string of the molecule is CNCc1occc1CN(C)CC1CCCCO1. The highest BCUT2D eigenvalue weighted by Gasteiger charge is 2.17. The molecule has 0 radical (unpaired) electrons. The fourth-order valence-electron chi connectivity index (χ4n) is 2.48. The smallest absolute Gasteiger partial charge is 0.122 e. The van der Waals surface area contributed by atoms with Gasteiger partial charge in [-0.1, -0.05) is 0 Å². The second-order valence-electron chi connectivity index (χ2n) is 5.08. The van der Waals surface area contributed by atoms with E-state index in [1.54, 1.807) is 6.26 Å². The summed E-state index contributed by atoms with van der Waals surface area (Å²) < 4.78 is 11.2. The van der Waals surface area contributed by atoms with E-state index >= 15 is 0 Å². The van der Waals surface area contributed by atoms with Crippen LogP contribution in [0, 0.1) is 0 Å². The molecule has 1 aromatic heterocycles. The number of ether oxygens (including phenoxy) is 1. The molecule has 102 valence electrons. The molecule has 1 unspecified atom stereocenters. The first kappa shape index (κ1) is 13.6. The minimum atomic E-state index is 0.406. The number of nitrogens with zero attached hydrogens (tertiary/aromatic N) is 1. The summed E-state index contributed by atoms with van der Waals surface area (Å²) in [5, 5.41) is 3.13. The minimum absolute atomic E-state index is 0.406. The summed E-state index contributed by atoms with van der Waals surface area (Å²) >= 11 is 0. The summed E-state index contributed by atoms with van der Waals surface area (Å²) in [6.45, 7) is 3.64. The van der Waals surface area contributed by atoms with Crippen LogP contribution in [0.4, 0.5) is 0 Å². The van der Waals surface area contributed by atoms with Gasteiger partial charge >= 0.3 is 0 Å². The summed E-state index contributed by atoms with van der Waals surface area (Å²) in [7, 11) is 4.08. The van der Waals surface area contributed by atoms with Crippen molar-refractivity contribution in [2.45, 2.75) is 38.5 Å². The maximum absolute atomic E-state index is 5.77. The van der Waals surface area contributed by atoms with E-state index in [2.05, 4.69) is 23.3 Å². The van der Waals surface area contributed by atoms with Gasteiger partial charge in [0, 0.05) is 25.3 Å². The standard InChI is InChI=1S/C14H24N2O2/c1-15-9-14-12(6-8-18-14)10-16(2)11-13-5-3-4-7-17-13/h6,8,13,15H,3-5,7,9-11H2,1-2H3.